The normalized spacial score (nSPS) is 14.5. The highest BCUT2D eigenvalue weighted by atomic mass is 32.1. The Labute approximate surface area is 131 Å². The van der Waals surface area contributed by atoms with Crippen LogP contribution < -0.4 is 10.1 Å². The van der Waals surface area contributed by atoms with Gasteiger partial charge in [0.15, 0.2) is 0 Å². The van der Waals surface area contributed by atoms with E-state index in [-0.39, 0.29) is 18.4 Å². The summed E-state index contributed by atoms with van der Waals surface area (Å²) in [4.78, 5) is 29.5. The molecule has 1 N–H and O–H groups in total. The van der Waals surface area contributed by atoms with Crippen LogP contribution in [0.3, 0.4) is 0 Å². The summed E-state index contributed by atoms with van der Waals surface area (Å²) in [5.41, 5.74) is 3.12. The molecular formula is C15H15N3O3S. The average molecular weight is 317 g/mol. The van der Waals surface area contributed by atoms with Crippen molar-refractivity contribution in [3.05, 3.63) is 46.4 Å². The van der Waals surface area contributed by atoms with Crippen molar-refractivity contribution >= 4 is 23.2 Å². The third kappa shape index (κ3) is 3.43. The number of benzene rings is 1. The molecule has 6 nitrogen and oxygen atoms in total. The van der Waals surface area contributed by atoms with Gasteiger partial charge in [-0.1, -0.05) is 6.07 Å². The number of amides is 2. The first-order valence-corrected chi connectivity index (χ1v) is 7.82. The van der Waals surface area contributed by atoms with Gasteiger partial charge in [-0.3, -0.25) is 9.59 Å². The van der Waals surface area contributed by atoms with E-state index >= 15 is 0 Å². The summed E-state index contributed by atoms with van der Waals surface area (Å²) in [5, 5.41) is 4.62. The van der Waals surface area contributed by atoms with Crippen LogP contribution in [-0.2, 0) is 11.4 Å². The molecule has 1 aliphatic heterocycles. The van der Waals surface area contributed by atoms with E-state index in [0.717, 1.165) is 5.69 Å². The fourth-order valence-corrected chi connectivity index (χ4v) is 2.72. The molecule has 2 heterocycles. The van der Waals surface area contributed by atoms with Crippen molar-refractivity contribution in [2.24, 2.45) is 0 Å². The maximum Gasteiger partial charge on any atom is 0.254 e. The van der Waals surface area contributed by atoms with E-state index in [1.54, 1.807) is 34.7 Å². The Balaban J connectivity index is 1.67. The molecule has 114 valence electrons. The smallest absolute Gasteiger partial charge is 0.254 e. The van der Waals surface area contributed by atoms with Crippen molar-refractivity contribution in [3.63, 3.8) is 0 Å². The van der Waals surface area contributed by atoms with Crippen molar-refractivity contribution in [3.8, 4) is 5.75 Å². The van der Waals surface area contributed by atoms with Crippen LogP contribution in [0, 0.1) is 0 Å². The molecule has 0 unspecified atom stereocenters. The second kappa shape index (κ2) is 6.57. The zero-order chi connectivity index (χ0) is 15.4. The molecule has 7 heteroatoms. The van der Waals surface area contributed by atoms with E-state index in [2.05, 4.69) is 10.3 Å². The summed E-state index contributed by atoms with van der Waals surface area (Å²) >= 11 is 1.51. The largest absolute Gasteiger partial charge is 0.487 e. The maximum atomic E-state index is 12.4. The molecule has 1 aliphatic rings. The fraction of sp³-hybridized carbons (Fsp3) is 0.267. The Kier molecular flexibility index (Phi) is 4.34. The molecule has 3 rings (SSSR count). The van der Waals surface area contributed by atoms with Crippen molar-refractivity contribution in [1.82, 2.24) is 15.2 Å². The van der Waals surface area contributed by atoms with E-state index < -0.39 is 0 Å². The summed E-state index contributed by atoms with van der Waals surface area (Å²) in [6.07, 6.45) is 0. The second-order valence-electron chi connectivity index (χ2n) is 4.87. The van der Waals surface area contributed by atoms with Crippen LogP contribution >= 0.6 is 11.3 Å². The first kappa shape index (κ1) is 14.5. The second-order valence-corrected chi connectivity index (χ2v) is 5.59. The number of hydrogen-bond acceptors (Lipinski definition) is 5. The Bertz CT molecular complexity index is 672. The highest BCUT2D eigenvalue weighted by Crippen LogP contribution is 2.17. The number of ether oxygens (including phenoxy) is 1. The van der Waals surface area contributed by atoms with Gasteiger partial charge in [0.1, 0.15) is 12.4 Å². The maximum absolute atomic E-state index is 12.4. The first-order valence-electron chi connectivity index (χ1n) is 6.88. The fourth-order valence-electron chi connectivity index (χ4n) is 2.18. The molecule has 0 radical (unpaired) electrons. The van der Waals surface area contributed by atoms with E-state index in [0.29, 0.717) is 31.0 Å². The van der Waals surface area contributed by atoms with Crippen LogP contribution in [0.2, 0.25) is 0 Å². The molecule has 0 atom stereocenters. The monoisotopic (exact) mass is 317 g/mol. The Morgan fingerprint density at radius 1 is 1.45 bits per heavy atom. The average Bonchev–Trinajstić information content (AvgIpc) is 3.06. The first-order chi connectivity index (χ1) is 10.7. The van der Waals surface area contributed by atoms with E-state index in [1.165, 1.54) is 11.3 Å². The molecule has 0 spiro atoms. The van der Waals surface area contributed by atoms with Crippen molar-refractivity contribution in [2.75, 3.05) is 19.6 Å². The van der Waals surface area contributed by atoms with Gasteiger partial charge < -0.3 is 15.0 Å². The summed E-state index contributed by atoms with van der Waals surface area (Å²) in [5.74, 6) is 0.324. The predicted molar refractivity (Wildman–Crippen MR) is 81.8 cm³/mol. The number of nitrogens with one attached hydrogen (secondary N) is 1. The van der Waals surface area contributed by atoms with Gasteiger partial charge >= 0.3 is 0 Å². The highest BCUT2D eigenvalue weighted by Gasteiger charge is 2.22. The molecule has 0 bridgehead atoms. The van der Waals surface area contributed by atoms with Crippen molar-refractivity contribution in [1.29, 1.82) is 0 Å². The zero-order valence-electron chi connectivity index (χ0n) is 11.8. The molecule has 1 aromatic heterocycles. The van der Waals surface area contributed by atoms with Gasteiger partial charge in [0.05, 0.1) is 17.7 Å². The lowest BCUT2D eigenvalue weighted by atomic mass is 10.1. The molecule has 0 aliphatic carbocycles. The van der Waals surface area contributed by atoms with E-state index in [1.807, 2.05) is 5.38 Å². The van der Waals surface area contributed by atoms with Gasteiger partial charge in [-0.2, -0.15) is 0 Å². The Morgan fingerprint density at radius 3 is 3.14 bits per heavy atom. The van der Waals surface area contributed by atoms with Gasteiger partial charge in [-0.25, -0.2) is 4.98 Å². The van der Waals surface area contributed by atoms with Crippen molar-refractivity contribution in [2.45, 2.75) is 6.61 Å². The molecule has 1 fully saturated rings. The minimum absolute atomic E-state index is 0.0999. The lowest BCUT2D eigenvalue weighted by molar-refractivity contribution is -0.123. The van der Waals surface area contributed by atoms with Crippen molar-refractivity contribution < 1.29 is 14.3 Å². The quantitative estimate of drug-likeness (QED) is 0.922. The molecular weight excluding hydrogens is 302 g/mol. The van der Waals surface area contributed by atoms with Crippen LogP contribution in [0.5, 0.6) is 5.75 Å². The molecule has 0 saturated carbocycles. The van der Waals surface area contributed by atoms with Crippen LogP contribution in [0.15, 0.2) is 35.2 Å². The SMILES string of the molecule is O=C1CN(C(=O)c2cccc(OCc3cscn3)c2)CCN1. The number of hydrogen-bond donors (Lipinski definition) is 1. The molecule has 1 saturated heterocycles. The lowest BCUT2D eigenvalue weighted by Crippen LogP contribution is -2.49. The van der Waals surface area contributed by atoms with Gasteiger partial charge in [0.25, 0.3) is 5.91 Å². The minimum atomic E-state index is -0.158. The Hall–Kier alpha value is -2.41. The number of carbonyl (C=O) groups excluding carboxylic acids is 2. The number of thiazole rings is 1. The van der Waals surface area contributed by atoms with Gasteiger partial charge in [-0.05, 0) is 18.2 Å². The van der Waals surface area contributed by atoms with Crippen LogP contribution in [0.25, 0.3) is 0 Å². The number of carbonyl (C=O) groups is 2. The van der Waals surface area contributed by atoms with E-state index in [9.17, 15) is 9.59 Å². The summed E-state index contributed by atoms with van der Waals surface area (Å²) in [6.45, 7) is 1.48. The third-order valence-electron chi connectivity index (χ3n) is 3.28. The number of piperazine rings is 1. The number of aromatic nitrogens is 1. The zero-order valence-corrected chi connectivity index (χ0v) is 12.6. The Morgan fingerprint density at radius 2 is 2.36 bits per heavy atom. The summed E-state index contributed by atoms with van der Waals surface area (Å²) in [7, 11) is 0. The van der Waals surface area contributed by atoms with Crippen LogP contribution in [-0.4, -0.2) is 41.3 Å². The number of rotatable bonds is 4. The predicted octanol–water partition coefficient (Wildman–Crippen LogP) is 1.29. The van der Waals surface area contributed by atoms with Gasteiger partial charge in [-0.15, -0.1) is 11.3 Å². The van der Waals surface area contributed by atoms with E-state index in [4.69, 9.17) is 4.74 Å². The van der Waals surface area contributed by atoms with Gasteiger partial charge in [0.2, 0.25) is 5.91 Å². The van der Waals surface area contributed by atoms with Gasteiger partial charge in [0, 0.05) is 24.0 Å². The third-order valence-corrected chi connectivity index (χ3v) is 3.91. The lowest BCUT2D eigenvalue weighted by Gasteiger charge is -2.26. The topological polar surface area (TPSA) is 71.5 Å². The summed E-state index contributed by atoms with van der Waals surface area (Å²) < 4.78 is 5.64. The highest BCUT2D eigenvalue weighted by molar-refractivity contribution is 7.07. The van der Waals surface area contributed by atoms with Crippen LogP contribution in [0.4, 0.5) is 0 Å². The summed E-state index contributed by atoms with van der Waals surface area (Å²) in [6, 6.07) is 6.99. The molecule has 2 amide bonds. The van der Waals surface area contributed by atoms with Crippen LogP contribution in [0.1, 0.15) is 16.1 Å². The molecule has 22 heavy (non-hydrogen) atoms. The minimum Gasteiger partial charge on any atom is -0.487 e. The number of nitrogens with zero attached hydrogens (tertiary/aromatic N) is 2. The molecule has 1 aromatic carbocycles. The standard InChI is InChI=1S/C15H15N3O3S/c19-14-7-18(5-4-16-14)15(20)11-2-1-3-13(6-11)21-8-12-9-22-10-17-12/h1-3,6,9-10H,4-5,7-8H2,(H,16,19). The molecule has 2 aromatic rings.